The molecule has 1 fully saturated rings. The molecule has 0 unspecified atom stereocenters. The molecule has 9 heteroatoms. The summed E-state index contributed by atoms with van der Waals surface area (Å²) in [4.78, 5) is 25.2. The van der Waals surface area contributed by atoms with E-state index in [1.807, 2.05) is 0 Å². The average Bonchev–Trinajstić information content (AvgIpc) is 3.15. The van der Waals surface area contributed by atoms with Crippen LogP contribution in [0.1, 0.15) is 18.7 Å². The Morgan fingerprint density at radius 2 is 2.29 bits per heavy atom. The van der Waals surface area contributed by atoms with Crippen LogP contribution in [-0.2, 0) is 16.1 Å². The summed E-state index contributed by atoms with van der Waals surface area (Å²) in [6, 6.07) is 6.92. The SMILES string of the molecule is O=C(CSc1nnc(CN2CCCC2=O)o1)Nc1cccc(Cl)c1. The minimum Gasteiger partial charge on any atom is -0.414 e. The minimum atomic E-state index is -0.197. The van der Waals surface area contributed by atoms with E-state index >= 15 is 0 Å². The van der Waals surface area contributed by atoms with Gasteiger partial charge < -0.3 is 14.6 Å². The lowest BCUT2D eigenvalue weighted by molar-refractivity contribution is -0.128. The fourth-order valence-corrected chi connectivity index (χ4v) is 3.06. The topological polar surface area (TPSA) is 88.3 Å². The van der Waals surface area contributed by atoms with E-state index in [-0.39, 0.29) is 17.6 Å². The van der Waals surface area contributed by atoms with E-state index in [9.17, 15) is 9.59 Å². The van der Waals surface area contributed by atoms with Crippen molar-refractivity contribution in [1.29, 1.82) is 0 Å². The lowest BCUT2D eigenvalue weighted by Crippen LogP contribution is -2.23. The molecular weight excluding hydrogens is 352 g/mol. The Kier molecular flexibility index (Phi) is 5.37. The molecule has 2 aromatic rings. The van der Waals surface area contributed by atoms with Crippen molar-refractivity contribution in [2.45, 2.75) is 24.6 Å². The highest BCUT2D eigenvalue weighted by atomic mass is 35.5. The molecule has 0 radical (unpaired) electrons. The first-order chi connectivity index (χ1) is 11.6. The first-order valence-corrected chi connectivity index (χ1v) is 8.75. The third-order valence-corrected chi connectivity index (χ3v) is 4.43. The molecule has 1 aromatic carbocycles. The molecule has 0 aliphatic carbocycles. The summed E-state index contributed by atoms with van der Waals surface area (Å²) in [6.07, 6.45) is 1.43. The molecule has 2 heterocycles. The molecule has 0 spiro atoms. The van der Waals surface area contributed by atoms with Crippen LogP contribution in [0.2, 0.25) is 5.02 Å². The number of amides is 2. The number of hydrogen-bond acceptors (Lipinski definition) is 6. The summed E-state index contributed by atoms with van der Waals surface area (Å²) >= 11 is 7.01. The predicted molar refractivity (Wildman–Crippen MR) is 89.8 cm³/mol. The Balaban J connectivity index is 1.48. The van der Waals surface area contributed by atoms with Crippen molar-refractivity contribution in [3.63, 3.8) is 0 Å². The number of anilines is 1. The van der Waals surface area contributed by atoms with Crippen LogP contribution in [0.15, 0.2) is 33.9 Å². The molecule has 1 aliphatic rings. The Hall–Kier alpha value is -2.06. The first-order valence-electron chi connectivity index (χ1n) is 7.38. The molecule has 3 rings (SSSR count). The van der Waals surface area contributed by atoms with Crippen molar-refractivity contribution < 1.29 is 14.0 Å². The summed E-state index contributed by atoms with van der Waals surface area (Å²) in [5.41, 5.74) is 0.631. The molecule has 126 valence electrons. The average molecular weight is 367 g/mol. The summed E-state index contributed by atoms with van der Waals surface area (Å²) < 4.78 is 5.46. The number of benzene rings is 1. The number of nitrogens with zero attached hydrogens (tertiary/aromatic N) is 3. The number of thioether (sulfide) groups is 1. The fourth-order valence-electron chi connectivity index (χ4n) is 2.29. The Morgan fingerprint density at radius 3 is 3.04 bits per heavy atom. The number of halogens is 1. The number of hydrogen-bond donors (Lipinski definition) is 1. The molecule has 1 saturated heterocycles. The highest BCUT2D eigenvalue weighted by Crippen LogP contribution is 2.20. The van der Waals surface area contributed by atoms with Crippen molar-refractivity contribution in [3.05, 3.63) is 35.2 Å². The van der Waals surface area contributed by atoms with Crippen LogP contribution in [-0.4, -0.2) is 39.2 Å². The van der Waals surface area contributed by atoms with Crippen LogP contribution in [0.25, 0.3) is 0 Å². The lowest BCUT2D eigenvalue weighted by atomic mass is 10.3. The normalized spacial score (nSPS) is 14.2. The first kappa shape index (κ1) is 16.8. The molecule has 1 aliphatic heterocycles. The monoisotopic (exact) mass is 366 g/mol. The smallest absolute Gasteiger partial charge is 0.277 e. The standard InChI is InChI=1S/C15H15ClN4O3S/c16-10-3-1-4-11(7-10)17-12(21)9-24-15-19-18-13(23-15)8-20-6-2-5-14(20)22/h1,3-4,7H,2,5-6,8-9H2,(H,17,21). The highest BCUT2D eigenvalue weighted by Gasteiger charge is 2.22. The van der Waals surface area contributed by atoms with Crippen molar-refractivity contribution >= 4 is 40.9 Å². The van der Waals surface area contributed by atoms with Gasteiger partial charge in [0.25, 0.3) is 5.22 Å². The van der Waals surface area contributed by atoms with Gasteiger partial charge in [-0.15, -0.1) is 10.2 Å². The van der Waals surface area contributed by atoms with E-state index in [1.165, 1.54) is 0 Å². The van der Waals surface area contributed by atoms with Crippen LogP contribution in [0.4, 0.5) is 5.69 Å². The summed E-state index contributed by atoms with van der Waals surface area (Å²) in [5, 5.41) is 11.4. The second-order valence-electron chi connectivity index (χ2n) is 5.23. The van der Waals surface area contributed by atoms with E-state index in [0.29, 0.717) is 41.3 Å². The van der Waals surface area contributed by atoms with Gasteiger partial charge in [-0.2, -0.15) is 0 Å². The third-order valence-electron chi connectivity index (χ3n) is 3.38. The lowest BCUT2D eigenvalue weighted by Gasteiger charge is -2.11. The molecule has 2 amide bonds. The van der Waals surface area contributed by atoms with Gasteiger partial charge >= 0.3 is 0 Å². The van der Waals surface area contributed by atoms with Gasteiger partial charge in [0.2, 0.25) is 17.7 Å². The molecule has 0 atom stereocenters. The summed E-state index contributed by atoms with van der Waals surface area (Å²) in [6.45, 7) is 1.03. The van der Waals surface area contributed by atoms with Crippen LogP contribution in [0, 0.1) is 0 Å². The van der Waals surface area contributed by atoms with E-state index in [4.69, 9.17) is 16.0 Å². The van der Waals surface area contributed by atoms with Crippen LogP contribution in [0.3, 0.4) is 0 Å². The minimum absolute atomic E-state index is 0.100. The maximum absolute atomic E-state index is 11.9. The van der Waals surface area contributed by atoms with Gasteiger partial charge in [0.15, 0.2) is 0 Å². The van der Waals surface area contributed by atoms with Gasteiger partial charge in [0, 0.05) is 23.7 Å². The molecule has 0 saturated carbocycles. The van der Waals surface area contributed by atoms with Gasteiger partial charge in [-0.25, -0.2) is 0 Å². The molecule has 7 nitrogen and oxygen atoms in total. The van der Waals surface area contributed by atoms with Crippen LogP contribution >= 0.6 is 23.4 Å². The zero-order valence-corrected chi connectivity index (χ0v) is 14.3. The number of nitrogens with one attached hydrogen (secondary N) is 1. The van der Waals surface area contributed by atoms with Gasteiger partial charge in [-0.05, 0) is 24.6 Å². The Labute approximate surface area is 147 Å². The third kappa shape index (κ3) is 4.48. The molecular formula is C15H15ClN4O3S. The van der Waals surface area contributed by atoms with Gasteiger partial charge in [0.05, 0.1) is 12.3 Å². The van der Waals surface area contributed by atoms with Crippen molar-refractivity contribution in [2.24, 2.45) is 0 Å². The van der Waals surface area contributed by atoms with Gasteiger partial charge in [0.1, 0.15) is 0 Å². The Bertz CT molecular complexity index is 752. The van der Waals surface area contributed by atoms with E-state index < -0.39 is 0 Å². The van der Waals surface area contributed by atoms with E-state index in [1.54, 1.807) is 29.2 Å². The molecule has 1 aromatic heterocycles. The summed E-state index contributed by atoms with van der Waals surface area (Å²) in [5.74, 6) is 0.416. The molecule has 1 N–H and O–H groups in total. The van der Waals surface area contributed by atoms with Gasteiger partial charge in [-0.3, -0.25) is 9.59 Å². The molecule has 0 bridgehead atoms. The molecule has 24 heavy (non-hydrogen) atoms. The Morgan fingerprint density at radius 1 is 1.42 bits per heavy atom. The number of carbonyl (C=O) groups is 2. The van der Waals surface area contributed by atoms with Crippen molar-refractivity contribution in [3.8, 4) is 0 Å². The summed E-state index contributed by atoms with van der Waals surface area (Å²) in [7, 11) is 0. The fraction of sp³-hybridized carbons (Fsp3) is 0.333. The highest BCUT2D eigenvalue weighted by molar-refractivity contribution is 7.99. The van der Waals surface area contributed by atoms with E-state index in [2.05, 4.69) is 15.5 Å². The van der Waals surface area contributed by atoms with Crippen molar-refractivity contribution in [1.82, 2.24) is 15.1 Å². The quantitative estimate of drug-likeness (QED) is 0.790. The van der Waals surface area contributed by atoms with Gasteiger partial charge in [-0.1, -0.05) is 29.4 Å². The predicted octanol–water partition coefficient (Wildman–Crippen LogP) is 2.58. The maximum Gasteiger partial charge on any atom is 0.277 e. The van der Waals surface area contributed by atoms with Crippen molar-refractivity contribution in [2.75, 3.05) is 17.6 Å². The zero-order valence-electron chi connectivity index (χ0n) is 12.7. The number of aromatic nitrogens is 2. The number of carbonyl (C=O) groups excluding carboxylic acids is 2. The second kappa shape index (κ2) is 7.67. The van der Waals surface area contributed by atoms with Crippen LogP contribution < -0.4 is 5.32 Å². The zero-order chi connectivity index (χ0) is 16.9. The van der Waals surface area contributed by atoms with E-state index in [0.717, 1.165) is 18.2 Å². The van der Waals surface area contributed by atoms with Crippen LogP contribution in [0.5, 0.6) is 0 Å². The largest absolute Gasteiger partial charge is 0.414 e. The number of rotatable bonds is 6. The maximum atomic E-state index is 11.9. The second-order valence-corrected chi connectivity index (χ2v) is 6.59. The number of likely N-dealkylation sites (tertiary alicyclic amines) is 1.